The molecule has 0 amide bonds. The fraction of sp³-hybridized carbons (Fsp3) is 0.735. The number of rotatable bonds is 8. The second kappa shape index (κ2) is 13.3. The van der Waals surface area contributed by atoms with Gasteiger partial charge in [-0.2, -0.15) is 0 Å². The van der Waals surface area contributed by atoms with E-state index in [4.69, 9.17) is 9.47 Å². The molecule has 4 N–H and O–H groups in total. The minimum atomic E-state index is -1.73. The average molecular weight is 573 g/mol. The first-order chi connectivity index (χ1) is 19.3. The third kappa shape index (κ3) is 6.91. The van der Waals surface area contributed by atoms with Gasteiger partial charge in [0.1, 0.15) is 18.3 Å². The molecule has 230 valence electrons. The third-order valence-corrected chi connectivity index (χ3v) is 10.8. The monoisotopic (exact) mass is 572 g/mol. The van der Waals surface area contributed by atoms with E-state index in [1.54, 1.807) is 0 Å². The molecule has 4 aliphatic rings. The van der Waals surface area contributed by atoms with Gasteiger partial charge in [-0.25, -0.2) is 4.79 Å². The van der Waals surface area contributed by atoms with Crippen LogP contribution in [-0.4, -0.2) is 63.2 Å². The molecule has 41 heavy (non-hydrogen) atoms. The van der Waals surface area contributed by atoms with Gasteiger partial charge in [0.2, 0.25) is 0 Å². The van der Waals surface area contributed by atoms with Crippen LogP contribution in [0.2, 0.25) is 0 Å². The van der Waals surface area contributed by atoms with Gasteiger partial charge in [0.25, 0.3) is 0 Å². The smallest absolute Gasteiger partial charge is 0.335 e. The number of hydrogen-bond acceptors (Lipinski definition) is 6. The van der Waals surface area contributed by atoms with Crippen LogP contribution < -0.4 is 0 Å². The lowest BCUT2D eigenvalue weighted by molar-refractivity contribution is -0.304. The minimum Gasteiger partial charge on any atom is -0.479 e. The van der Waals surface area contributed by atoms with Crippen LogP contribution in [-0.2, 0) is 14.3 Å². The molecule has 0 aromatic carbocycles. The van der Waals surface area contributed by atoms with Crippen molar-refractivity contribution in [1.82, 2.24) is 0 Å². The number of aliphatic carboxylic acids is 1. The van der Waals surface area contributed by atoms with E-state index in [2.05, 4.69) is 65.5 Å². The number of ether oxygens (including phenoxy) is 2. The Kier molecular flexibility index (Phi) is 10.4. The van der Waals surface area contributed by atoms with E-state index in [-0.39, 0.29) is 6.10 Å². The van der Waals surface area contributed by atoms with Crippen molar-refractivity contribution in [2.75, 3.05) is 0 Å². The van der Waals surface area contributed by atoms with E-state index in [9.17, 15) is 25.2 Å². The summed E-state index contributed by atoms with van der Waals surface area (Å²) in [5.41, 5.74) is 3.99. The minimum absolute atomic E-state index is 0.309. The fourth-order valence-corrected chi connectivity index (χ4v) is 7.70. The van der Waals surface area contributed by atoms with Crippen LogP contribution in [0.1, 0.15) is 86.0 Å². The van der Waals surface area contributed by atoms with E-state index >= 15 is 0 Å². The molecule has 0 bridgehead atoms. The molecule has 0 aromatic rings. The number of aliphatic hydroxyl groups is 3. The highest BCUT2D eigenvalue weighted by atomic mass is 16.7. The van der Waals surface area contributed by atoms with Crippen molar-refractivity contribution in [2.45, 2.75) is 123 Å². The highest BCUT2D eigenvalue weighted by molar-refractivity contribution is 5.73. The molecular weight excluding hydrogens is 520 g/mol. The zero-order chi connectivity index (χ0) is 30.1. The second-order valence-corrected chi connectivity index (χ2v) is 13.7. The largest absolute Gasteiger partial charge is 0.479 e. The maximum atomic E-state index is 11.5. The van der Waals surface area contributed by atoms with Crippen molar-refractivity contribution >= 4 is 5.97 Å². The highest BCUT2D eigenvalue weighted by Crippen LogP contribution is 2.59. The lowest BCUT2D eigenvalue weighted by Gasteiger charge is -2.44. The van der Waals surface area contributed by atoms with Crippen LogP contribution in [0.4, 0.5) is 0 Å². The van der Waals surface area contributed by atoms with Crippen LogP contribution in [0.3, 0.4) is 0 Å². The zero-order valence-corrected chi connectivity index (χ0v) is 25.5. The summed E-state index contributed by atoms with van der Waals surface area (Å²) in [6, 6.07) is 0. The second-order valence-electron chi connectivity index (χ2n) is 13.7. The van der Waals surface area contributed by atoms with E-state index in [0.717, 1.165) is 24.0 Å². The summed E-state index contributed by atoms with van der Waals surface area (Å²) < 4.78 is 11.3. The third-order valence-electron chi connectivity index (χ3n) is 10.8. The van der Waals surface area contributed by atoms with Crippen molar-refractivity contribution in [3.05, 3.63) is 47.6 Å². The van der Waals surface area contributed by atoms with Crippen LogP contribution in [0.25, 0.3) is 0 Å². The molecule has 1 heterocycles. The molecule has 7 nitrogen and oxygen atoms in total. The molecule has 3 saturated carbocycles. The van der Waals surface area contributed by atoms with Gasteiger partial charge in [-0.1, -0.05) is 76.6 Å². The molecule has 4 fully saturated rings. The van der Waals surface area contributed by atoms with E-state index in [0.29, 0.717) is 47.8 Å². The molecule has 0 spiro atoms. The molecular formula is C34H52O7. The summed E-state index contributed by atoms with van der Waals surface area (Å²) in [7, 11) is 0. The fourth-order valence-electron chi connectivity index (χ4n) is 7.70. The Bertz CT molecular complexity index is 1040. The molecule has 3 aliphatic carbocycles. The van der Waals surface area contributed by atoms with Crippen LogP contribution in [0.5, 0.6) is 0 Å². The summed E-state index contributed by atoms with van der Waals surface area (Å²) >= 11 is 0. The number of aliphatic hydroxyl groups excluding tert-OH is 3. The van der Waals surface area contributed by atoms with E-state index < -0.39 is 36.7 Å². The van der Waals surface area contributed by atoms with Gasteiger partial charge >= 0.3 is 5.97 Å². The first kappa shape index (κ1) is 32.2. The Morgan fingerprint density at radius 2 is 1.76 bits per heavy atom. The number of allylic oxidation sites excluding steroid dienone is 6. The lowest BCUT2D eigenvalue weighted by Crippen LogP contribution is -2.60. The molecule has 11 atom stereocenters. The Morgan fingerprint density at radius 1 is 1.02 bits per heavy atom. The predicted octanol–water partition coefficient (Wildman–Crippen LogP) is 5.56. The van der Waals surface area contributed by atoms with Crippen LogP contribution in [0.15, 0.2) is 47.6 Å². The maximum Gasteiger partial charge on any atom is 0.335 e. The molecule has 0 radical (unpaired) electrons. The van der Waals surface area contributed by atoms with E-state index in [1.807, 2.05) is 0 Å². The summed E-state index contributed by atoms with van der Waals surface area (Å²) in [5, 5.41) is 39.8. The van der Waals surface area contributed by atoms with Gasteiger partial charge < -0.3 is 29.9 Å². The van der Waals surface area contributed by atoms with Crippen molar-refractivity contribution in [3.8, 4) is 0 Å². The number of fused-ring (bicyclic) bond motifs is 1. The normalized spacial score (nSPS) is 41.7. The van der Waals surface area contributed by atoms with Crippen LogP contribution >= 0.6 is 0 Å². The molecule has 1 aliphatic heterocycles. The van der Waals surface area contributed by atoms with Crippen molar-refractivity contribution in [1.29, 1.82) is 0 Å². The first-order valence-corrected chi connectivity index (χ1v) is 15.7. The topological polar surface area (TPSA) is 116 Å². The Balaban J connectivity index is 1.44. The quantitative estimate of drug-likeness (QED) is 0.282. The molecule has 0 aromatic heterocycles. The van der Waals surface area contributed by atoms with Gasteiger partial charge in [0.15, 0.2) is 12.4 Å². The Labute approximate surface area is 246 Å². The number of carbonyl (C=O) groups is 1. The van der Waals surface area contributed by atoms with Gasteiger partial charge in [0.05, 0.1) is 6.10 Å². The van der Waals surface area contributed by atoms with Gasteiger partial charge in [-0.3, -0.25) is 0 Å². The SMILES string of the molecule is C=C1CC[C@H](O[C@@H]2O[C@H](C(=O)O)[C@@H](O)[C@H](O)[C@H]2O)C/C1=C\C=C1/CCC[C@]2(C)[C@@H]([C@H](C)/C=C/[C@H](C)C(C)C)CC[C@@H]12. The molecule has 1 saturated heterocycles. The Hall–Kier alpha value is -1.77. The van der Waals surface area contributed by atoms with E-state index in [1.165, 1.54) is 31.3 Å². The summed E-state index contributed by atoms with van der Waals surface area (Å²) in [5.74, 6) is 1.68. The average Bonchev–Trinajstić information content (AvgIpc) is 3.29. The van der Waals surface area contributed by atoms with Gasteiger partial charge in [0, 0.05) is 0 Å². The Morgan fingerprint density at radius 3 is 2.44 bits per heavy atom. The highest BCUT2D eigenvalue weighted by Gasteiger charge is 2.50. The first-order valence-electron chi connectivity index (χ1n) is 15.7. The maximum absolute atomic E-state index is 11.5. The summed E-state index contributed by atoms with van der Waals surface area (Å²) in [6.45, 7) is 16.1. The zero-order valence-electron chi connectivity index (χ0n) is 25.5. The van der Waals surface area contributed by atoms with Crippen molar-refractivity contribution in [3.63, 3.8) is 0 Å². The van der Waals surface area contributed by atoms with Gasteiger partial charge in [-0.15, -0.1) is 0 Å². The van der Waals surface area contributed by atoms with Gasteiger partial charge in [-0.05, 0) is 91.9 Å². The lowest BCUT2D eigenvalue weighted by atomic mass is 9.61. The molecule has 4 rings (SSSR count). The standard InChI is InChI=1S/C34H52O7/c1-19(2)20(3)9-10-22(5)26-15-16-27-23(8-7-17-34(26,27)6)12-13-24-18-25(14-11-21(24)4)40-33-30(37)28(35)29(36)31(41-33)32(38)39/h9-10,12-13,19-20,22,25-31,33,35-37H,4,7-8,11,14-18H2,1-3,5-6H3,(H,38,39)/b10-9+,23-12+,24-13+/t20-,22+,25-,26+,27-,28-,29-,30+,31-,33+,34+/m0/s1. The number of carboxylic acid groups (broad SMARTS) is 1. The van der Waals surface area contributed by atoms with Crippen molar-refractivity contribution in [2.24, 2.45) is 35.0 Å². The number of carboxylic acids is 1. The van der Waals surface area contributed by atoms with Crippen LogP contribution in [0, 0.1) is 35.0 Å². The number of hydrogen-bond donors (Lipinski definition) is 4. The van der Waals surface area contributed by atoms with Crippen molar-refractivity contribution < 1.29 is 34.7 Å². The predicted molar refractivity (Wildman–Crippen MR) is 159 cm³/mol. The molecule has 7 heteroatoms. The summed E-state index contributed by atoms with van der Waals surface area (Å²) in [4.78, 5) is 11.5. The summed E-state index contributed by atoms with van der Waals surface area (Å²) in [6.07, 6.45) is 9.19. The molecule has 0 unspecified atom stereocenters.